The van der Waals surface area contributed by atoms with Crippen molar-refractivity contribution in [2.24, 2.45) is 0 Å². The molecular weight excluding hydrogens is 364 g/mol. The van der Waals surface area contributed by atoms with E-state index in [2.05, 4.69) is 53.6 Å². The maximum atomic E-state index is 12.2. The molecule has 6 nitrogen and oxygen atoms in total. The molecular formula is C23H29N4O2+. The molecule has 29 heavy (non-hydrogen) atoms. The van der Waals surface area contributed by atoms with Crippen LogP contribution in [0.4, 0.5) is 0 Å². The Morgan fingerprint density at radius 1 is 1.00 bits per heavy atom. The van der Waals surface area contributed by atoms with Crippen LogP contribution in [-0.4, -0.2) is 29.1 Å². The van der Waals surface area contributed by atoms with Gasteiger partial charge in [0, 0.05) is 30.5 Å². The van der Waals surface area contributed by atoms with Gasteiger partial charge in [-0.1, -0.05) is 59.8 Å². The Hall–Kier alpha value is -2.99. The van der Waals surface area contributed by atoms with Gasteiger partial charge in [0.25, 0.3) is 0 Å². The van der Waals surface area contributed by atoms with E-state index in [1.165, 1.54) is 5.56 Å². The lowest BCUT2D eigenvalue weighted by Crippen LogP contribution is -3.10. The monoisotopic (exact) mass is 393 g/mol. The maximum absolute atomic E-state index is 12.2. The molecule has 6 heteroatoms. The van der Waals surface area contributed by atoms with E-state index in [9.17, 15) is 4.79 Å². The van der Waals surface area contributed by atoms with Crippen molar-refractivity contribution in [2.45, 2.75) is 39.8 Å². The number of nitrogens with one attached hydrogen (secondary N) is 2. The van der Waals surface area contributed by atoms with Crippen molar-refractivity contribution >= 4 is 5.91 Å². The van der Waals surface area contributed by atoms with Gasteiger partial charge in [-0.05, 0) is 19.4 Å². The van der Waals surface area contributed by atoms with Gasteiger partial charge >= 0.3 is 0 Å². The number of carbonyl (C=O) groups excluding carboxylic acids is 1. The molecule has 0 spiro atoms. The zero-order valence-corrected chi connectivity index (χ0v) is 17.1. The quantitative estimate of drug-likeness (QED) is 0.555. The van der Waals surface area contributed by atoms with Crippen molar-refractivity contribution in [3.63, 3.8) is 0 Å². The summed E-state index contributed by atoms with van der Waals surface area (Å²) >= 11 is 0. The number of rotatable bonds is 10. The van der Waals surface area contributed by atoms with E-state index in [1.807, 2.05) is 30.3 Å². The molecule has 0 aliphatic rings. The second kappa shape index (κ2) is 10.5. The van der Waals surface area contributed by atoms with Crippen LogP contribution >= 0.6 is 0 Å². The minimum absolute atomic E-state index is 0.0267. The van der Waals surface area contributed by atoms with Gasteiger partial charge in [-0.2, -0.15) is 4.98 Å². The second-order valence-corrected chi connectivity index (χ2v) is 7.10. The molecule has 1 amide bonds. The van der Waals surface area contributed by atoms with Crippen LogP contribution in [0.15, 0.2) is 59.1 Å². The summed E-state index contributed by atoms with van der Waals surface area (Å²) < 4.78 is 5.25. The van der Waals surface area contributed by atoms with Crippen LogP contribution in [-0.2, 0) is 24.3 Å². The number of carbonyl (C=O) groups is 1. The third-order valence-corrected chi connectivity index (χ3v) is 5.03. The molecule has 0 radical (unpaired) electrons. The number of nitrogens with zero attached hydrogens (tertiary/aromatic N) is 2. The number of aryl methyl sites for hydroxylation is 1. The third kappa shape index (κ3) is 6.26. The molecule has 3 rings (SSSR count). The van der Waals surface area contributed by atoms with Crippen LogP contribution in [0.1, 0.15) is 37.3 Å². The fourth-order valence-corrected chi connectivity index (χ4v) is 3.13. The van der Waals surface area contributed by atoms with Crippen LogP contribution in [0.2, 0.25) is 0 Å². The summed E-state index contributed by atoms with van der Waals surface area (Å²) in [4.78, 5) is 18.1. The molecule has 0 saturated carbocycles. The molecule has 3 aromatic rings. The van der Waals surface area contributed by atoms with E-state index >= 15 is 0 Å². The molecule has 0 unspecified atom stereocenters. The minimum Gasteiger partial charge on any atom is -0.352 e. The molecule has 152 valence electrons. The number of hydrogen-bond donors (Lipinski definition) is 2. The van der Waals surface area contributed by atoms with Gasteiger partial charge < -0.3 is 14.7 Å². The van der Waals surface area contributed by atoms with Crippen molar-refractivity contribution in [1.82, 2.24) is 15.5 Å². The average Bonchev–Trinajstić information content (AvgIpc) is 3.25. The summed E-state index contributed by atoms with van der Waals surface area (Å²) in [5, 5.41) is 6.94. The molecule has 0 atom stereocenters. The van der Waals surface area contributed by atoms with Crippen molar-refractivity contribution in [1.29, 1.82) is 0 Å². The SMILES string of the molecule is CC[NH+](CC)Cc1ccc(CNC(=O)CCc2nc(-c3ccccc3)no2)cc1. The first-order chi connectivity index (χ1) is 14.2. The summed E-state index contributed by atoms with van der Waals surface area (Å²) in [7, 11) is 0. The van der Waals surface area contributed by atoms with Gasteiger partial charge in [-0.3, -0.25) is 4.79 Å². The molecule has 2 aromatic carbocycles. The van der Waals surface area contributed by atoms with Crippen LogP contribution in [0.3, 0.4) is 0 Å². The first kappa shape index (κ1) is 20.7. The number of amides is 1. The van der Waals surface area contributed by atoms with Gasteiger partial charge in [-0.15, -0.1) is 0 Å². The lowest BCUT2D eigenvalue weighted by atomic mass is 10.1. The zero-order valence-electron chi connectivity index (χ0n) is 17.1. The average molecular weight is 394 g/mol. The zero-order chi connectivity index (χ0) is 20.5. The molecule has 0 saturated heterocycles. The summed E-state index contributed by atoms with van der Waals surface area (Å²) in [6.45, 7) is 8.23. The van der Waals surface area contributed by atoms with Gasteiger partial charge in [-0.25, -0.2) is 0 Å². The van der Waals surface area contributed by atoms with E-state index in [4.69, 9.17) is 4.52 Å². The third-order valence-electron chi connectivity index (χ3n) is 5.03. The van der Waals surface area contributed by atoms with Crippen LogP contribution < -0.4 is 10.2 Å². The Morgan fingerprint density at radius 3 is 2.38 bits per heavy atom. The number of aromatic nitrogens is 2. The largest absolute Gasteiger partial charge is 0.352 e. The van der Waals surface area contributed by atoms with Gasteiger partial charge in [0.05, 0.1) is 13.1 Å². The second-order valence-electron chi connectivity index (χ2n) is 7.10. The first-order valence-electron chi connectivity index (χ1n) is 10.2. The number of quaternary nitrogens is 1. The van der Waals surface area contributed by atoms with Gasteiger partial charge in [0.15, 0.2) is 0 Å². The summed E-state index contributed by atoms with van der Waals surface area (Å²) in [6.07, 6.45) is 0.747. The standard InChI is InChI=1S/C23H28N4O2/c1-3-27(4-2)17-19-12-10-18(11-13-19)16-24-21(28)14-15-22-25-23(26-29-22)20-8-6-5-7-9-20/h5-13H,3-4,14-17H2,1-2H3,(H,24,28)/p+1. The first-order valence-corrected chi connectivity index (χ1v) is 10.2. The number of benzene rings is 2. The Morgan fingerprint density at radius 2 is 1.69 bits per heavy atom. The highest BCUT2D eigenvalue weighted by Gasteiger charge is 2.10. The lowest BCUT2D eigenvalue weighted by molar-refractivity contribution is -0.910. The molecule has 0 bridgehead atoms. The number of hydrogen-bond acceptors (Lipinski definition) is 4. The molecule has 0 aliphatic carbocycles. The van der Waals surface area contributed by atoms with Crippen LogP contribution in [0.5, 0.6) is 0 Å². The fraction of sp³-hybridized carbons (Fsp3) is 0.348. The van der Waals surface area contributed by atoms with Crippen molar-refractivity contribution in [2.75, 3.05) is 13.1 Å². The van der Waals surface area contributed by atoms with Crippen molar-refractivity contribution in [3.8, 4) is 11.4 Å². The van der Waals surface area contributed by atoms with Crippen LogP contribution in [0.25, 0.3) is 11.4 Å². The Bertz CT molecular complexity index is 887. The van der Waals surface area contributed by atoms with Gasteiger partial charge in [0.1, 0.15) is 6.54 Å². The van der Waals surface area contributed by atoms with Crippen molar-refractivity contribution < 1.29 is 14.2 Å². The van der Waals surface area contributed by atoms with E-state index in [-0.39, 0.29) is 5.91 Å². The summed E-state index contributed by atoms with van der Waals surface area (Å²) in [5.41, 5.74) is 3.32. The van der Waals surface area contributed by atoms with E-state index in [0.717, 1.165) is 30.8 Å². The Labute approximate surface area is 171 Å². The smallest absolute Gasteiger partial charge is 0.227 e. The highest BCUT2D eigenvalue weighted by atomic mass is 16.5. The molecule has 0 aliphatic heterocycles. The van der Waals surface area contributed by atoms with E-state index < -0.39 is 0 Å². The normalized spacial score (nSPS) is 11.0. The molecule has 1 aromatic heterocycles. The van der Waals surface area contributed by atoms with E-state index in [1.54, 1.807) is 4.90 Å². The highest BCUT2D eigenvalue weighted by Crippen LogP contribution is 2.15. The lowest BCUT2D eigenvalue weighted by Gasteiger charge is -2.15. The maximum Gasteiger partial charge on any atom is 0.227 e. The topological polar surface area (TPSA) is 72.5 Å². The summed E-state index contributed by atoms with van der Waals surface area (Å²) in [6, 6.07) is 18.1. The van der Waals surface area contributed by atoms with Gasteiger partial charge in [0.2, 0.25) is 17.6 Å². The molecule has 2 N–H and O–H groups in total. The predicted molar refractivity (Wildman–Crippen MR) is 112 cm³/mol. The highest BCUT2D eigenvalue weighted by molar-refractivity contribution is 5.76. The molecule has 1 heterocycles. The van der Waals surface area contributed by atoms with E-state index in [0.29, 0.717) is 31.1 Å². The molecule has 0 fully saturated rings. The Balaban J connectivity index is 1.43. The summed E-state index contributed by atoms with van der Waals surface area (Å²) in [5.74, 6) is 0.996. The Kier molecular flexibility index (Phi) is 7.53. The predicted octanol–water partition coefficient (Wildman–Crippen LogP) is 2.41. The fourth-order valence-electron chi connectivity index (χ4n) is 3.13. The van der Waals surface area contributed by atoms with Crippen molar-refractivity contribution in [3.05, 3.63) is 71.6 Å². The van der Waals surface area contributed by atoms with Crippen LogP contribution in [0, 0.1) is 0 Å². The minimum atomic E-state index is -0.0267.